The maximum absolute atomic E-state index is 12.8. The molecule has 3 rings (SSSR count). The predicted octanol–water partition coefficient (Wildman–Crippen LogP) is 5.28. The van der Waals surface area contributed by atoms with Crippen LogP contribution in [0.2, 0.25) is 0 Å². The van der Waals surface area contributed by atoms with Gasteiger partial charge in [-0.05, 0) is 49.4 Å². The highest BCUT2D eigenvalue weighted by molar-refractivity contribution is 9.10. The first-order valence-corrected chi connectivity index (χ1v) is 8.80. The predicted molar refractivity (Wildman–Crippen MR) is 97.3 cm³/mol. The monoisotopic (exact) mass is 372 g/mol. The number of nitrogens with one attached hydrogen (secondary N) is 1. The molecule has 23 heavy (non-hydrogen) atoms. The number of hydrogen-bond donors (Lipinski definition) is 1. The molecule has 3 nitrogen and oxygen atoms in total. The van der Waals surface area contributed by atoms with Crippen LogP contribution in [0.1, 0.15) is 25.3 Å². The van der Waals surface area contributed by atoms with Crippen molar-refractivity contribution in [2.75, 3.05) is 5.32 Å². The number of carbonyl (C=O) groups excluding carboxylic acids is 1. The fraction of sp³-hybridized carbons (Fsp3) is 0.316. The zero-order valence-corrected chi connectivity index (χ0v) is 14.8. The number of benzene rings is 2. The van der Waals surface area contributed by atoms with Crippen LogP contribution in [-0.2, 0) is 6.54 Å². The minimum absolute atomic E-state index is 0.0358. The molecule has 0 aliphatic heterocycles. The van der Waals surface area contributed by atoms with Crippen molar-refractivity contribution in [3.05, 3.63) is 64.6 Å². The SMILES string of the molecule is CC(C1CC1)N(Cc1ccccc1)C(=O)Nc1cccc(Br)c1. The van der Waals surface area contributed by atoms with E-state index in [9.17, 15) is 4.79 Å². The van der Waals surface area contributed by atoms with Crippen LogP contribution in [0.15, 0.2) is 59.1 Å². The number of urea groups is 1. The normalized spacial score (nSPS) is 15.0. The van der Waals surface area contributed by atoms with E-state index in [1.54, 1.807) is 0 Å². The second kappa shape index (κ2) is 7.18. The van der Waals surface area contributed by atoms with E-state index >= 15 is 0 Å². The van der Waals surface area contributed by atoms with Crippen LogP contribution >= 0.6 is 15.9 Å². The van der Waals surface area contributed by atoms with Gasteiger partial charge in [0.1, 0.15) is 0 Å². The molecule has 0 radical (unpaired) electrons. The van der Waals surface area contributed by atoms with Crippen molar-refractivity contribution in [1.29, 1.82) is 0 Å². The van der Waals surface area contributed by atoms with Gasteiger partial charge in [-0.1, -0.05) is 52.3 Å². The molecule has 1 atom stereocenters. The van der Waals surface area contributed by atoms with Crippen LogP contribution in [0.3, 0.4) is 0 Å². The third kappa shape index (κ3) is 4.35. The van der Waals surface area contributed by atoms with Crippen molar-refractivity contribution in [2.24, 2.45) is 5.92 Å². The molecule has 0 spiro atoms. The van der Waals surface area contributed by atoms with Crippen molar-refractivity contribution in [2.45, 2.75) is 32.4 Å². The summed E-state index contributed by atoms with van der Waals surface area (Å²) in [5.74, 6) is 0.631. The van der Waals surface area contributed by atoms with E-state index in [2.05, 4.69) is 40.3 Å². The first kappa shape index (κ1) is 16.1. The van der Waals surface area contributed by atoms with Gasteiger partial charge >= 0.3 is 6.03 Å². The molecule has 1 N–H and O–H groups in total. The maximum Gasteiger partial charge on any atom is 0.322 e. The van der Waals surface area contributed by atoms with Crippen LogP contribution in [0, 0.1) is 5.92 Å². The molecule has 1 aliphatic carbocycles. The molecule has 1 aliphatic rings. The zero-order valence-electron chi connectivity index (χ0n) is 13.2. The summed E-state index contributed by atoms with van der Waals surface area (Å²) < 4.78 is 0.958. The number of rotatable bonds is 5. The van der Waals surface area contributed by atoms with Crippen molar-refractivity contribution in [3.63, 3.8) is 0 Å². The molecule has 0 heterocycles. The molecule has 0 aromatic heterocycles. The average Bonchev–Trinajstić information content (AvgIpc) is 3.38. The average molecular weight is 373 g/mol. The van der Waals surface area contributed by atoms with Gasteiger partial charge in [-0.15, -0.1) is 0 Å². The number of nitrogens with zero attached hydrogens (tertiary/aromatic N) is 1. The lowest BCUT2D eigenvalue weighted by Crippen LogP contribution is -2.42. The van der Waals surface area contributed by atoms with Gasteiger partial charge in [0.15, 0.2) is 0 Å². The lowest BCUT2D eigenvalue weighted by molar-refractivity contribution is 0.181. The quantitative estimate of drug-likeness (QED) is 0.760. The summed E-state index contributed by atoms with van der Waals surface area (Å²) in [7, 11) is 0. The standard InChI is InChI=1S/C19H21BrN2O/c1-14(16-10-11-16)22(13-15-6-3-2-4-7-15)19(23)21-18-9-5-8-17(20)12-18/h2-9,12,14,16H,10-11,13H2,1H3,(H,21,23). The molecule has 2 amide bonds. The Morgan fingerprint density at radius 3 is 2.61 bits per heavy atom. The molecule has 0 saturated heterocycles. The molecule has 120 valence electrons. The van der Waals surface area contributed by atoms with Gasteiger partial charge in [-0.3, -0.25) is 0 Å². The summed E-state index contributed by atoms with van der Waals surface area (Å²) in [6.45, 7) is 2.79. The molecule has 0 bridgehead atoms. The molecular weight excluding hydrogens is 352 g/mol. The van der Waals surface area contributed by atoms with Gasteiger partial charge in [0.05, 0.1) is 0 Å². The minimum atomic E-state index is -0.0358. The van der Waals surface area contributed by atoms with E-state index < -0.39 is 0 Å². The van der Waals surface area contributed by atoms with E-state index in [1.165, 1.54) is 12.8 Å². The lowest BCUT2D eigenvalue weighted by atomic mass is 10.1. The van der Waals surface area contributed by atoms with Crippen LogP contribution < -0.4 is 5.32 Å². The smallest absolute Gasteiger partial charge is 0.317 e. The van der Waals surface area contributed by atoms with Crippen LogP contribution in [0.5, 0.6) is 0 Å². The fourth-order valence-electron chi connectivity index (χ4n) is 2.78. The third-order valence-corrected chi connectivity index (χ3v) is 4.82. The lowest BCUT2D eigenvalue weighted by Gasteiger charge is -2.29. The Hall–Kier alpha value is -1.81. The van der Waals surface area contributed by atoms with Crippen LogP contribution in [-0.4, -0.2) is 17.0 Å². The van der Waals surface area contributed by atoms with Crippen molar-refractivity contribution in [3.8, 4) is 0 Å². The van der Waals surface area contributed by atoms with Crippen LogP contribution in [0.4, 0.5) is 10.5 Å². The topological polar surface area (TPSA) is 32.3 Å². The summed E-state index contributed by atoms with van der Waals surface area (Å²) in [5, 5.41) is 3.02. The number of carbonyl (C=O) groups is 1. The molecule has 1 unspecified atom stereocenters. The van der Waals surface area contributed by atoms with E-state index in [0.29, 0.717) is 12.5 Å². The third-order valence-electron chi connectivity index (χ3n) is 4.33. The van der Waals surface area contributed by atoms with E-state index in [-0.39, 0.29) is 12.1 Å². The summed E-state index contributed by atoms with van der Waals surface area (Å²) >= 11 is 3.44. The van der Waals surface area contributed by atoms with Gasteiger partial charge < -0.3 is 10.2 Å². The highest BCUT2D eigenvalue weighted by Crippen LogP contribution is 2.36. The second-order valence-corrected chi connectivity index (χ2v) is 7.05. The molecular formula is C19H21BrN2O. The highest BCUT2D eigenvalue weighted by Gasteiger charge is 2.34. The number of anilines is 1. The zero-order chi connectivity index (χ0) is 16.2. The summed E-state index contributed by atoms with van der Waals surface area (Å²) in [4.78, 5) is 14.8. The number of amides is 2. The minimum Gasteiger partial charge on any atom is -0.317 e. The summed E-state index contributed by atoms with van der Waals surface area (Å²) in [5.41, 5.74) is 1.97. The highest BCUT2D eigenvalue weighted by atomic mass is 79.9. The van der Waals surface area contributed by atoms with Gasteiger partial charge in [-0.25, -0.2) is 4.79 Å². The second-order valence-electron chi connectivity index (χ2n) is 6.13. The summed E-state index contributed by atoms with van der Waals surface area (Å²) in [6.07, 6.45) is 2.44. The number of hydrogen-bond acceptors (Lipinski definition) is 1. The maximum atomic E-state index is 12.8. The van der Waals surface area contributed by atoms with Crippen molar-refractivity contribution >= 4 is 27.6 Å². The van der Waals surface area contributed by atoms with E-state index in [0.717, 1.165) is 15.7 Å². The Morgan fingerprint density at radius 2 is 1.96 bits per heavy atom. The Balaban J connectivity index is 1.75. The summed E-state index contributed by atoms with van der Waals surface area (Å²) in [6, 6.07) is 18.1. The van der Waals surface area contributed by atoms with E-state index in [1.807, 2.05) is 47.4 Å². The number of halogens is 1. The first-order valence-electron chi connectivity index (χ1n) is 8.00. The van der Waals surface area contributed by atoms with Crippen molar-refractivity contribution < 1.29 is 4.79 Å². The largest absolute Gasteiger partial charge is 0.322 e. The van der Waals surface area contributed by atoms with Gasteiger partial charge in [0.2, 0.25) is 0 Å². The molecule has 1 fully saturated rings. The van der Waals surface area contributed by atoms with Crippen molar-refractivity contribution in [1.82, 2.24) is 4.90 Å². The molecule has 2 aromatic rings. The van der Waals surface area contributed by atoms with Gasteiger partial charge in [0, 0.05) is 22.7 Å². The molecule has 4 heteroatoms. The Kier molecular flexibility index (Phi) is 5.01. The molecule has 1 saturated carbocycles. The van der Waals surface area contributed by atoms with E-state index in [4.69, 9.17) is 0 Å². The Labute approximate surface area is 145 Å². The Morgan fingerprint density at radius 1 is 1.22 bits per heavy atom. The molecule has 2 aromatic carbocycles. The van der Waals surface area contributed by atoms with Crippen LogP contribution in [0.25, 0.3) is 0 Å². The van der Waals surface area contributed by atoms with Gasteiger partial charge in [-0.2, -0.15) is 0 Å². The Bertz CT molecular complexity index is 670. The first-order chi connectivity index (χ1) is 11.1. The fourth-order valence-corrected chi connectivity index (χ4v) is 3.17. The van der Waals surface area contributed by atoms with Gasteiger partial charge in [0.25, 0.3) is 0 Å².